The van der Waals surface area contributed by atoms with Crippen molar-refractivity contribution in [2.75, 3.05) is 13.2 Å². The van der Waals surface area contributed by atoms with E-state index in [1.165, 1.54) is 30.4 Å². The van der Waals surface area contributed by atoms with Gasteiger partial charge in [0.05, 0.1) is 11.4 Å². The molecule has 1 aromatic heterocycles. The topological polar surface area (TPSA) is 47.0 Å². The van der Waals surface area contributed by atoms with Crippen molar-refractivity contribution >= 4 is 0 Å². The second-order valence-electron chi connectivity index (χ2n) is 6.22. The highest BCUT2D eigenvalue weighted by molar-refractivity contribution is 5.31. The number of allylic oxidation sites excluding steroid dienone is 4. The molecule has 0 spiro atoms. The maximum atomic E-state index is 5.74. The Balaban J connectivity index is 1.77. The Morgan fingerprint density at radius 3 is 2.96 bits per heavy atom. The lowest BCUT2D eigenvalue weighted by molar-refractivity contribution is 0.295. The molecule has 2 rings (SSSR count). The van der Waals surface area contributed by atoms with Crippen molar-refractivity contribution in [2.24, 2.45) is 0 Å². The molecule has 24 heavy (non-hydrogen) atoms. The zero-order valence-electron chi connectivity index (χ0n) is 15.3. The Hall–Kier alpha value is -1.94. The molecule has 0 saturated carbocycles. The highest BCUT2D eigenvalue weighted by Gasteiger charge is 2.07. The minimum atomic E-state index is 0.293. The Morgan fingerprint density at radius 1 is 1.42 bits per heavy atom. The maximum absolute atomic E-state index is 5.74. The summed E-state index contributed by atoms with van der Waals surface area (Å²) in [7, 11) is 0. The van der Waals surface area contributed by atoms with Gasteiger partial charge in [-0.2, -0.15) is 0 Å². The molecule has 0 radical (unpaired) electrons. The summed E-state index contributed by atoms with van der Waals surface area (Å²) >= 11 is 0. The summed E-state index contributed by atoms with van der Waals surface area (Å²) in [6.45, 7) is 9.45. The molecule has 0 aromatic carbocycles. The van der Waals surface area contributed by atoms with Gasteiger partial charge in [0.15, 0.2) is 0 Å². The summed E-state index contributed by atoms with van der Waals surface area (Å²) in [6, 6.07) is 0.293. The van der Waals surface area contributed by atoms with Crippen LogP contribution in [0.4, 0.5) is 0 Å². The van der Waals surface area contributed by atoms with Gasteiger partial charge in [-0.25, -0.2) is 4.98 Å². The smallest absolute Gasteiger partial charge is 0.235 e. The first-order valence-electron chi connectivity index (χ1n) is 8.80. The number of nitrogens with one attached hydrogen (secondary N) is 1. The molecule has 1 aromatic rings. The Kier molecular flexibility index (Phi) is 7.19. The lowest BCUT2D eigenvalue weighted by Gasteiger charge is -2.16. The van der Waals surface area contributed by atoms with E-state index in [9.17, 15) is 0 Å². The zero-order chi connectivity index (χ0) is 17.4. The number of aryl methyl sites for hydroxylation is 2. The normalized spacial score (nSPS) is 16.5. The lowest BCUT2D eigenvalue weighted by atomic mass is 10.1. The number of nitrogens with zero attached hydrogens (tertiary/aromatic N) is 2. The molecule has 0 amide bonds. The van der Waals surface area contributed by atoms with E-state index >= 15 is 0 Å². The predicted molar refractivity (Wildman–Crippen MR) is 99.3 cm³/mol. The van der Waals surface area contributed by atoms with Crippen LogP contribution in [0.3, 0.4) is 0 Å². The maximum Gasteiger partial charge on any atom is 0.235 e. The van der Waals surface area contributed by atoms with Crippen molar-refractivity contribution in [3.63, 3.8) is 0 Å². The molecule has 1 unspecified atom stereocenters. The molecule has 1 aliphatic rings. The standard InChI is InChI=1S/C20H29N3O/c1-5-19(11-10-18-8-6-7-9-18)16(3)21-12-13-24-20-17(4)22-14-15(2)23-20/h5,8,10-11,14,16,21H,6-7,9,12-13H2,1-4H3/b11-10-,19-5+. The van der Waals surface area contributed by atoms with Crippen LogP contribution >= 0.6 is 0 Å². The van der Waals surface area contributed by atoms with E-state index < -0.39 is 0 Å². The fraction of sp³-hybridized carbons (Fsp3) is 0.500. The summed E-state index contributed by atoms with van der Waals surface area (Å²) in [5.41, 5.74) is 4.46. The van der Waals surface area contributed by atoms with Gasteiger partial charge in [0.1, 0.15) is 6.61 Å². The number of hydrogen-bond donors (Lipinski definition) is 1. The molecule has 1 N–H and O–H groups in total. The first-order valence-corrected chi connectivity index (χ1v) is 8.80. The second kappa shape index (κ2) is 9.38. The summed E-state index contributed by atoms with van der Waals surface area (Å²) in [5, 5.41) is 3.50. The van der Waals surface area contributed by atoms with Gasteiger partial charge in [-0.15, -0.1) is 0 Å². The van der Waals surface area contributed by atoms with E-state index in [0.29, 0.717) is 18.5 Å². The molecule has 4 heteroatoms. The van der Waals surface area contributed by atoms with Crippen LogP contribution in [-0.2, 0) is 0 Å². The summed E-state index contributed by atoms with van der Waals surface area (Å²) in [4.78, 5) is 8.64. The van der Waals surface area contributed by atoms with Gasteiger partial charge >= 0.3 is 0 Å². The third kappa shape index (κ3) is 5.60. The van der Waals surface area contributed by atoms with Crippen molar-refractivity contribution < 1.29 is 4.74 Å². The fourth-order valence-corrected chi connectivity index (χ4v) is 2.73. The fourth-order valence-electron chi connectivity index (χ4n) is 2.73. The van der Waals surface area contributed by atoms with Crippen LogP contribution in [-0.4, -0.2) is 29.2 Å². The van der Waals surface area contributed by atoms with Crippen LogP contribution in [0.25, 0.3) is 0 Å². The van der Waals surface area contributed by atoms with Gasteiger partial charge in [-0.1, -0.05) is 29.9 Å². The monoisotopic (exact) mass is 327 g/mol. The molecule has 0 saturated heterocycles. The van der Waals surface area contributed by atoms with Crippen LogP contribution < -0.4 is 10.1 Å². The average Bonchev–Trinajstić information content (AvgIpc) is 3.08. The molecule has 130 valence electrons. The third-order valence-corrected chi connectivity index (χ3v) is 4.22. The van der Waals surface area contributed by atoms with Gasteiger partial charge in [-0.05, 0) is 52.5 Å². The minimum Gasteiger partial charge on any atom is -0.475 e. The first kappa shape index (κ1) is 18.4. The molecule has 4 nitrogen and oxygen atoms in total. The Bertz CT molecular complexity index is 632. The van der Waals surface area contributed by atoms with E-state index in [2.05, 4.69) is 53.4 Å². The molecular formula is C20H29N3O. The van der Waals surface area contributed by atoms with E-state index in [-0.39, 0.29) is 0 Å². The van der Waals surface area contributed by atoms with Crippen LogP contribution in [0.5, 0.6) is 5.88 Å². The van der Waals surface area contributed by atoms with E-state index in [1.54, 1.807) is 6.20 Å². The van der Waals surface area contributed by atoms with Crippen molar-refractivity contribution in [3.8, 4) is 5.88 Å². The minimum absolute atomic E-state index is 0.293. The molecule has 0 fully saturated rings. The predicted octanol–water partition coefficient (Wildman–Crippen LogP) is 4.06. The van der Waals surface area contributed by atoms with E-state index in [4.69, 9.17) is 4.74 Å². The lowest BCUT2D eigenvalue weighted by Crippen LogP contribution is -2.31. The molecule has 1 atom stereocenters. The van der Waals surface area contributed by atoms with Crippen LogP contribution in [0.2, 0.25) is 0 Å². The highest BCUT2D eigenvalue weighted by Crippen LogP contribution is 2.19. The number of aromatic nitrogens is 2. The quantitative estimate of drug-likeness (QED) is 0.578. The van der Waals surface area contributed by atoms with Crippen molar-refractivity contribution in [2.45, 2.75) is 53.0 Å². The molecule has 1 aliphatic carbocycles. The Morgan fingerprint density at radius 2 is 2.25 bits per heavy atom. The molecule has 0 bridgehead atoms. The molecule has 1 heterocycles. The molecular weight excluding hydrogens is 298 g/mol. The van der Waals surface area contributed by atoms with Gasteiger partial charge in [0, 0.05) is 18.8 Å². The van der Waals surface area contributed by atoms with Gasteiger partial charge in [0.2, 0.25) is 5.88 Å². The number of ether oxygens (including phenoxy) is 1. The van der Waals surface area contributed by atoms with Gasteiger partial charge in [0.25, 0.3) is 0 Å². The highest BCUT2D eigenvalue weighted by atomic mass is 16.5. The summed E-state index contributed by atoms with van der Waals surface area (Å²) < 4.78 is 5.74. The van der Waals surface area contributed by atoms with Crippen molar-refractivity contribution in [1.82, 2.24) is 15.3 Å². The van der Waals surface area contributed by atoms with Crippen LogP contribution in [0, 0.1) is 13.8 Å². The van der Waals surface area contributed by atoms with Crippen LogP contribution in [0.15, 0.2) is 41.6 Å². The Labute approximate surface area is 145 Å². The van der Waals surface area contributed by atoms with Crippen molar-refractivity contribution in [3.05, 3.63) is 53.0 Å². The largest absolute Gasteiger partial charge is 0.475 e. The molecule has 0 aliphatic heterocycles. The van der Waals surface area contributed by atoms with Crippen molar-refractivity contribution in [1.29, 1.82) is 0 Å². The second-order valence-corrected chi connectivity index (χ2v) is 6.22. The number of rotatable bonds is 8. The summed E-state index contributed by atoms with van der Waals surface area (Å²) in [5.74, 6) is 0.628. The third-order valence-electron chi connectivity index (χ3n) is 4.22. The first-order chi connectivity index (χ1) is 11.6. The zero-order valence-corrected chi connectivity index (χ0v) is 15.3. The van der Waals surface area contributed by atoms with E-state index in [0.717, 1.165) is 17.9 Å². The van der Waals surface area contributed by atoms with Gasteiger partial charge in [-0.3, -0.25) is 4.98 Å². The summed E-state index contributed by atoms with van der Waals surface area (Å²) in [6.07, 6.45) is 14.5. The van der Waals surface area contributed by atoms with E-state index in [1.807, 2.05) is 13.8 Å². The SMILES string of the molecule is C/C=C(\C=C/C1=CCCC1)C(C)NCCOc1nc(C)cnc1C. The average molecular weight is 327 g/mol. The van der Waals surface area contributed by atoms with Gasteiger partial charge < -0.3 is 10.1 Å². The van der Waals surface area contributed by atoms with Crippen LogP contribution in [0.1, 0.15) is 44.5 Å². The number of hydrogen-bond acceptors (Lipinski definition) is 4.